The van der Waals surface area contributed by atoms with Crippen LogP contribution in [0.15, 0.2) is 43.6 Å². The van der Waals surface area contributed by atoms with Crippen molar-refractivity contribution in [2.45, 2.75) is 85.5 Å². The first-order valence-electron chi connectivity index (χ1n) is 9.83. The second-order valence-corrected chi connectivity index (χ2v) is 32.1. The predicted molar refractivity (Wildman–Crippen MR) is 128 cm³/mol. The molecule has 0 bridgehead atoms. The van der Waals surface area contributed by atoms with E-state index in [0.29, 0.717) is 0 Å². The molecule has 0 spiro atoms. The van der Waals surface area contributed by atoms with Crippen LogP contribution in [-0.2, 0) is 0 Å². The van der Waals surface area contributed by atoms with Crippen molar-refractivity contribution in [3.63, 3.8) is 0 Å². The van der Waals surface area contributed by atoms with Gasteiger partial charge in [0.05, 0.1) is 32.3 Å². The zero-order valence-corrected chi connectivity index (χ0v) is 23.1. The summed E-state index contributed by atoms with van der Waals surface area (Å²) in [7, 11) is -5.21. The largest absolute Gasteiger partial charge is 0.0782 e. The summed E-state index contributed by atoms with van der Waals surface area (Å²) in [5.41, 5.74) is 4.97. The first-order chi connectivity index (χ1) is 10.9. The van der Waals surface area contributed by atoms with Gasteiger partial charge >= 0.3 is 0 Å². The van der Waals surface area contributed by atoms with Crippen LogP contribution in [0.5, 0.6) is 0 Å². The topological polar surface area (TPSA) is 0 Å². The Labute approximate surface area is 161 Å². The SMILES string of the molecule is CC1=C(C2=C([Si](C)(C)C)C([Si](C)(C)C)=C2[Si](C)(C)C)C=C1[Si](C)(C)C. The van der Waals surface area contributed by atoms with Gasteiger partial charge in [-0.1, -0.05) is 105 Å². The molecule has 0 aromatic heterocycles. The fraction of sp³-hybridized carbons (Fsp3) is 0.619. The highest BCUT2D eigenvalue weighted by Crippen LogP contribution is 2.54. The normalized spacial score (nSPS) is 20.0. The molecular formula is C21H40Si4. The molecule has 0 unspecified atom stereocenters. The molecule has 0 amide bonds. The lowest BCUT2D eigenvalue weighted by Crippen LogP contribution is -2.48. The van der Waals surface area contributed by atoms with E-state index in [1.165, 1.54) is 0 Å². The maximum absolute atomic E-state index is 2.58. The van der Waals surface area contributed by atoms with Crippen molar-refractivity contribution < 1.29 is 0 Å². The van der Waals surface area contributed by atoms with Crippen molar-refractivity contribution in [3.8, 4) is 0 Å². The summed E-state index contributed by atoms with van der Waals surface area (Å²) >= 11 is 0. The van der Waals surface area contributed by atoms with E-state index in [1.807, 2.05) is 15.6 Å². The molecule has 25 heavy (non-hydrogen) atoms. The molecule has 0 atom stereocenters. The highest BCUT2D eigenvalue weighted by atomic mass is 28.3. The van der Waals surface area contributed by atoms with Crippen LogP contribution in [0.1, 0.15) is 6.92 Å². The standard InChI is InChI=1S/C21H40Si4/c1-15-16(14-17(15)22(2,3)4)18-19(23(5,6)7)21(25(11,12)13)20(18)24(8,9)10/h14H,1-13H3. The first kappa shape index (κ1) is 21.1. The molecule has 0 aliphatic heterocycles. The zero-order chi connectivity index (χ0) is 19.7. The van der Waals surface area contributed by atoms with E-state index in [9.17, 15) is 0 Å². The van der Waals surface area contributed by atoms with Gasteiger partial charge in [0.2, 0.25) is 0 Å². The number of hydrogen-bond donors (Lipinski definition) is 0. The lowest BCUT2D eigenvalue weighted by Gasteiger charge is -2.49. The number of allylic oxidation sites excluding steroid dienone is 8. The third-order valence-corrected chi connectivity index (χ3v) is 14.1. The second-order valence-electron chi connectivity index (χ2n) is 12.1. The number of hydrogen-bond acceptors (Lipinski definition) is 0. The Balaban J connectivity index is 2.68. The van der Waals surface area contributed by atoms with E-state index in [-0.39, 0.29) is 0 Å². The maximum Gasteiger partial charge on any atom is 0.0782 e. The highest BCUT2D eigenvalue weighted by molar-refractivity contribution is 6.97. The molecule has 0 saturated heterocycles. The molecule has 0 saturated carbocycles. The summed E-state index contributed by atoms with van der Waals surface area (Å²) in [6.45, 7) is 32.9. The Morgan fingerprint density at radius 1 is 0.520 bits per heavy atom. The van der Waals surface area contributed by atoms with Gasteiger partial charge in [-0.05, 0) is 23.6 Å². The van der Waals surface area contributed by atoms with Gasteiger partial charge in [-0.15, -0.1) is 0 Å². The fourth-order valence-electron chi connectivity index (χ4n) is 4.42. The minimum absolute atomic E-state index is 1.21. The Kier molecular flexibility index (Phi) is 5.00. The van der Waals surface area contributed by atoms with E-state index in [4.69, 9.17) is 0 Å². The van der Waals surface area contributed by atoms with E-state index >= 15 is 0 Å². The summed E-state index contributed by atoms with van der Waals surface area (Å²) in [6.07, 6.45) is 2.58. The third kappa shape index (κ3) is 3.64. The van der Waals surface area contributed by atoms with E-state index < -0.39 is 32.3 Å². The third-order valence-electron chi connectivity index (χ3n) is 5.42. The summed E-state index contributed by atoms with van der Waals surface area (Å²) in [6, 6.07) is 0. The molecule has 0 heterocycles. The smallest absolute Gasteiger partial charge is 0.0656 e. The molecule has 0 radical (unpaired) electrons. The Morgan fingerprint density at radius 2 is 0.920 bits per heavy atom. The lowest BCUT2D eigenvalue weighted by molar-refractivity contribution is 1.21. The minimum atomic E-state index is -1.35. The van der Waals surface area contributed by atoms with Crippen molar-refractivity contribution in [2.24, 2.45) is 0 Å². The molecular weight excluding hydrogens is 365 g/mol. The Morgan fingerprint density at radius 3 is 1.20 bits per heavy atom. The van der Waals surface area contributed by atoms with Gasteiger partial charge in [-0.25, -0.2) is 0 Å². The van der Waals surface area contributed by atoms with Crippen molar-refractivity contribution in [3.05, 3.63) is 43.6 Å². The van der Waals surface area contributed by atoms with Crippen LogP contribution >= 0.6 is 0 Å². The first-order valence-corrected chi connectivity index (χ1v) is 23.8. The van der Waals surface area contributed by atoms with Gasteiger partial charge in [0, 0.05) is 0 Å². The van der Waals surface area contributed by atoms with Gasteiger partial charge in [0.25, 0.3) is 0 Å². The van der Waals surface area contributed by atoms with Gasteiger partial charge in [-0.3, -0.25) is 0 Å². The predicted octanol–water partition coefficient (Wildman–Crippen LogP) is 7.36. The lowest BCUT2D eigenvalue weighted by atomic mass is 9.87. The molecule has 0 nitrogen and oxygen atoms in total. The molecule has 0 aromatic rings. The summed E-state index contributed by atoms with van der Waals surface area (Å²) in [5.74, 6) is 0. The molecule has 2 aliphatic carbocycles. The van der Waals surface area contributed by atoms with Crippen LogP contribution in [0.2, 0.25) is 78.6 Å². The molecule has 2 aliphatic rings. The monoisotopic (exact) mass is 404 g/mol. The van der Waals surface area contributed by atoms with Crippen molar-refractivity contribution >= 4 is 32.3 Å². The van der Waals surface area contributed by atoms with Crippen LogP contribution in [-0.4, -0.2) is 32.3 Å². The summed E-state index contributed by atoms with van der Waals surface area (Å²) in [4.78, 5) is 0. The molecule has 0 fully saturated rings. The zero-order valence-electron chi connectivity index (χ0n) is 19.1. The van der Waals surface area contributed by atoms with Crippen LogP contribution in [0.3, 0.4) is 0 Å². The van der Waals surface area contributed by atoms with E-state index in [2.05, 4.69) is 91.6 Å². The molecule has 4 heteroatoms. The van der Waals surface area contributed by atoms with Crippen LogP contribution in [0.25, 0.3) is 0 Å². The molecule has 2 rings (SSSR count). The summed E-state index contributed by atoms with van der Waals surface area (Å²) < 4.78 is 0. The minimum Gasteiger partial charge on any atom is -0.0656 e. The van der Waals surface area contributed by atoms with Crippen LogP contribution in [0.4, 0.5) is 0 Å². The Hall–Kier alpha value is -0.172. The van der Waals surface area contributed by atoms with Crippen LogP contribution in [0, 0.1) is 0 Å². The van der Waals surface area contributed by atoms with Gasteiger partial charge in [-0.2, -0.15) is 0 Å². The van der Waals surface area contributed by atoms with Crippen LogP contribution < -0.4 is 0 Å². The highest BCUT2D eigenvalue weighted by Gasteiger charge is 2.48. The molecule has 0 aromatic carbocycles. The van der Waals surface area contributed by atoms with Gasteiger partial charge in [0.15, 0.2) is 0 Å². The average Bonchev–Trinajstić information content (AvgIpc) is 2.23. The van der Waals surface area contributed by atoms with Gasteiger partial charge < -0.3 is 0 Å². The fourth-order valence-corrected chi connectivity index (χ4v) is 16.5. The summed E-state index contributed by atoms with van der Waals surface area (Å²) in [5, 5.41) is 7.24. The Bertz CT molecular complexity index is 731. The average molecular weight is 405 g/mol. The molecule has 140 valence electrons. The number of rotatable bonds is 5. The maximum atomic E-state index is 2.58. The second kappa shape index (κ2) is 5.91. The quantitative estimate of drug-likeness (QED) is 0.420. The van der Waals surface area contributed by atoms with Crippen molar-refractivity contribution in [2.75, 3.05) is 0 Å². The van der Waals surface area contributed by atoms with E-state index in [1.54, 1.807) is 21.9 Å². The molecule has 0 N–H and O–H groups in total. The van der Waals surface area contributed by atoms with Crippen molar-refractivity contribution in [1.29, 1.82) is 0 Å². The van der Waals surface area contributed by atoms with Gasteiger partial charge in [0.1, 0.15) is 0 Å². The van der Waals surface area contributed by atoms with Crippen molar-refractivity contribution in [1.82, 2.24) is 0 Å². The van der Waals surface area contributed by atoms with E-state index in [0.717, 1.165) is 0 Å².